The third-order valence-corrected chi connectivity index (χ3v) is 8.50. The molecule has 1 amide bonds. The van der Waals surface area contributed by atoms with Crippen LogP contribution in [-0.4, -0.2) is 36.0 Å². The van der Waals surface area contributed by atoms with Gasteiger partial charge in [-0.1, -0.05) is 54.1 Å². The molecular formula is C30H31ClN4O3S. The molecule has 0 radical (unpaired) electrons. The van der Waals surface area contributed by atoms with Crippen LogP contribution in [0.2, 0.25) is 5.02 Å². The second-order valence-corrected chi connectivity index (χ2v) is 11.8. The summed E-state index contributed by atoms with van der Waals surface area (Å²) in [6, 6.07) is 23.3. The molecule has 0 atom stereocenters. The second-order valence-electron chi connectivity index (χ2n) is 9.46. The van der Waals surface area contributed by atoms with Crippen molar-refractivity contribution in [3.63, 3.8) is 0 Å². The average Bonchev–Trinajstić information content (AvgIpc) is 3.18. The largest absolute Gasteiger partial charge is 0.318 e. The molecular weight excluding hydrogens is 532 g/mol. The van der Waals surface area contributed by atoms with Crippen LogP contribution in [0.4, 0.5) is 0 Å². The summed E-state index contributed by atoms with van der Waals surface area (Å²) in [4.78, 5) is 12.9. The SMILES string of the molecule is Cc1ccc(C)c(-n2c(C)cc(/C=N/NC(=O)CN(Cc3ccccc3)S(=O)(=O)c3ccc(Cl)cc3)c2C)c1. The summed E-state index contributed by atoms with van der Waals surface area (Å²) < 4.78 is 30.1. The Morgan fingerprint density at radius 2 is 1.67 bits per heavy atom. The van der Waals surface area contributed by atoms with Crippen LogP contribution in [0.15, 0.2) is 88.9 Å². The Morgan fingerprint density at radius 1 is 0.974 bits per heavy atom. The first-order chi connectivity index (χ1) is 18.6. The lowest BCUT2D eigenvalue weighted by Crippen LogP contribution is -2.39. The summed E-state index contributed by atoms with van der Waals surface area (Å²) in [5, 5.41) is 4.56. The number of carbonyl (C=O) groups excluding carboxylic acids is 1. The third-order valence-electron chi connectivity index (χ3n) is 6.44. The van der Waals surface area contributed by atoms with Crippen LogP contribution >= 0.6 is 11.6 Å². The van der Waals surface area contributed by atoms with Gasteiger partial charge in [0.25, 0.3) is 5.91 Å². The molecule has 0 spiro atoms. The first kappa shape index (κ1) is 28.3. The number of nitrogens with one attached hydrogen (secondary N) is 1. The molecule has 9 heteroatoms. The quantitative estimate of drug-likeness (QED) is 0.210. The lowest BCUT2D eigenvalue weighted by molar-refractivity contribution is -0.121. The molecule has 4 rings (SSSR count). The zero-order chi connectivity index (χ0) is 28.2. The van der Waals surface area contributed by atoms with Crippen molar-refractivity contribution in [1.82, 2.24) is 14.3 Å². The predicted octanol–water partition coefficient (Wildman–Crippen LogP) is 5.71. The van der Waals surface area contributed by atoms with E-state index in [0.717, 1.165) is 38.1 Å². The average molecular weight is 563 g/mol. The molecule has 0 bridgehead atoms. The fraction of sp³-hybridized carbons (Fsp3) is 0.200. The molecule has 0 unspecified atom stereocenters. The van der Waals surface area contributed by atoms with Crippen LogP contribution in [0.25, 0.3) is 5.69 Å². The van der Waals surface area contributed by atoms with Gasteiger partial charge in [0.1, 0.15) is 0 Å². The molecule has 0 fully saturated rings. The molecule has 4 aromatic rings. The maximum Gasteiger partial charge on any atom is 0.255 e. The van der Waals surface area contributed by atoms with E-state index < -0.39 is 22.5 Å². The number of hydrogen-bond acceptors (Lipinski definition) is 4. The van der Waals surface area contributed by atoms with Crippen molar-refractivity contribution >= 4 is 33.7 Å². The number of amides is 1. The number of carbonyl (C=O) groups is 1. The molecule has 3 aromatic carbocycles. The number of nitrogens with zero attached hydrogens (tertiary/aromatic N) is 3. The summed E-state index contributed by atoms with van der Waals surface area (Å²) in [5.41, 5.74) is 9.53. The van der Waals surface area contributed by atoms with Crippen LogP contribution in [0.1, 0.15) is 33.6 Å². The van der Waals surface area contributed by atoms with Gasteiger partial charge in [0, 0.05) is 34.2 Å². The summed E-state index contributed by atoms with van der Waals surface area (Å²) >= 11 is 5.94. The Balaban J connectivity index is 1.53. The maximum absolute atomic E-state index is 13.4. The number of aromatic nitrogens is 1. The number of benzene rings is 3. The topological polar surface area (TPSA) is 83.8 Å². The standard InChI is InChI=1S/C30H31ClN4O3S/c1-21-10-11-22(2)29(16-21)35-23(3)17-26(24(35)4)18-32-33-30(36)20-34(19-25-8-6-5-7-9-25)39(37,38)28-14-12-27(31)13-15-28/h5-18H,19-20H2,1-4H3,(H,33,36)/b32-18+. The van der Waals surface area contributed by atoms with Crippen LogP contribution in [0.3, 0.4) is 0 Å². The van der Waals surface area contributed by atoms with E-state index in [1.165, 1.54) is 29.8 Å². The zero-order valence-corrected chi connectivity index (χ0v) is 23.9. The Morgan fingerprint density at radius 3 is 2.36 bits per heavy atom. The highest BCUT2D eigenvalue weighted by atomic mass is 35.5. The lowest BCUT2D eigenvalue weighted by Gasteiger charge is -2.21. The lowest BCUT2D eigenvalue weighted by atomic mass is 10.1. The van der Waals surface area contributed by atoms with E-state index in [1.807, 2.05) is 50.2 Å². The third kappa shape index (κ3) is 6.65. The highest BCUT2D eigenvalue weighted by Crippen LogP contribution is 2.24. The van der Waals surface area contributed by atoms with Crippen molar-refractivity contribution in [3.8, 4) is 5.69 Å². The van der Waals surface area contributed by atoms with Crippen molar-refractivity contribution in [3.05, 3.63) is 118 Å². The van der Waals surface area contributed by atoms with E-state index in [0.29, 0.717) is 5.02 Å². The van der Waals surface area contributed by atoms with Gasteiger partial charge in [0.15, 0.2) is 0 Å². The smallest absolute Gasteiger partial charge is 0.255 e. The minimum absolute atomic E-state index is 0.0277. The van der Waals surface area contributed by atoms with Gasteiger partial charge in [-0.3, -0.25) is 4.79 Å². The van der Waals surface area contributed by atoms with Crippen LogP contribution < -0.4 is 5.43 Å². The Labute approximate surface area is 234 Å². The van der Waals surface area contributed by atoms with Gasteiger partial charge in [-0.15, -0.1) is 0 Å². The molecule has 0 saturated carbocycles. The number of hydrazone groups is 1. The molecule has 1 aromatic heterocycles. The number of halogens is 1. The van der Waals surface area contributed by atoms with E-state index in [4.69, 9.17) is 11.6 Å². The van der Waals surface area contributed by atoms with E-state index in [2.05, 4.69) is 47.1 Å². The van der Waals surface area contributed by atoms with E-state index in [1.54, 1.807) is 6.21 Å². The summed E-state index contributed by atoms with van der Waals surface area (Å²) in [6.07, 6.45) is 1.58. The first-order valence-corrected chi connectivity index (χ1v) is 14.3. The molecule has 0 saturated heterocycles. The molecule has 0 aliphatic rings. The summed E-state index contributed by atoms with van der Waals surface area (Å²) in [5.74, 6) is -0.553. The molecule has 202 valence electrons. The zero-order valence-electron chi connectivity index (χ0n) is 22.3. The van der Waals surface area contributed by atoms with Gasteiger partial charge in [0.05, 0.1) is 17.7 Å². The Kier molecular flexibility index (Phi) is 8.70. The van der Waals surface area contributed by atoms with Gasteiger partial charge in [-0.05, 0) is 80.8 Å². The minimum Gasteiger partial charge on any atom is -0.318 e. The number of sulfonamides is 1. The van der Waals surface area contributed by atoms with Crippen LogP contribution in [0, 0.1) is 27.7 Å². The van der Waals surface area contributed by atoms with Crippen molar-refractivity contribution < 1.29 is 13.2 Å². The van der Waals surface area contributed by atoms with Gasteiger partial charge < -0.3 is 4.57 Å². The van der Waals surface area contributed by atoms with Gasteiger partial charge in [-0.25, -0.2) is 13.8 Å². The molecule has 39 heavy (non-hydrogen) atoms. The van der Waals surface area contributed by atoms with Crippen LogP contribution in [-0.2, 0) is 21.4 Å². The molecule has 0 aliphatic carbocycles. The van der Waals surface area contributed by atoms with Crippen LogP contribution in [0.5, 0.6) is 0 Å². The Hall–Kier alpha value is -3.72. The fourth-order valence-corrected chi connectivity index (χ4v) is 5.90. The highest BCUT2D eigenvalue weighted by molar-refractivity contribution is 7.89. The van der Waals surface area contributed by atoms with Gasteiger partial charge in [-0.2, -0.15) is 9.41 Å². The molecule has 7 nitrogen and oxygen atoms in total. The normalized spacial score (nSPS) is 11.8. The first-order valence-electron chi connectivity index (χ1n) is 12.4. The van der Waals surface area contributed by atoms with Gasteiger partial charge in [0.2, 0.25) is 10.0 Å². The molecule has 1 heterocycles. The van der Waals surface area contributed by atoms with Crippen molar-refractivity contribution in [2.75, 3.05) is 6.54 Å². The van der Waals surface area contributed by atoms with Gasteiger partial charge >= 0.3 is 0 Å². The maximum atomic E-state index is 13.4. The number of hydrogen-bond donors (Lipinski definition) is 1. The second kappa shape index (κ2) is 12.0. The fourth-order valence-electron chi connectivity index (χ4n) is 4.39. The molecule has 1 N–H and O–H groups in total. The number of rotatable bonds is 9. The van der Waals surface area contributed by atoms with Crippen molar-refractivity contribution in [1.29, 1.82) is 0 Å². The molecule has 0 aliphatic heterocycles. The van der Waals surface area contributed by atoms with Crippen molar-refractivity contribution in [2.24, 2.45) is 5.10 Å². The summed E-state index contributed by atoms with van der Waals surface area (Å²) in [6.45, 7) is 7.77. The highest BCUT2D eigenvalue weighted by Gasteiger charge is 2.27. The van der Waals surface area contributed by atoms with E-state index >= 15 is 0 Å². The summed E-state index contributed by atoms with van der Waals surface area (Å²) in [7, 11) is -3.98. The van der Waals surface area contributed by atoms with E-state index in [-0.39, 0.29) is 11.4 Å². The van der Waals surface area contributed by atoms with Crippen molar-refractivity contribution in [2.45, 2.75) is 39.1 Å². The Bertz CT molecular complexity index is 1610. The number of aryl methyl sites for hydroxylation is 3. The van der Waals surface area contributed by atoms with E-state index in [9.17, 15) is 13.2 Å². The predicted molar refractivity (Wildman–Crippen MR) is 156 cm³/mol. The minimum atomic E-state index is -3.98. The monoisotopic (exact) mass is 562 g/mol.